The first-order valence-corrected chi connectivity index (χ1v) is 5.99. The fourth-order valence-corrected chi connectivity index (χ4v) is 2.11. The van der Waals surface area contributed by atoms with E-state index in [0.717, 1.165) is 5.69 Å². The molecule has 0 saturated carbocycles. The lowest BCUT2D eigenvalue weighted by Gasteiger charge is -2.11. The molecule has 1 heterocycles. The highest BCUT2D eigenvalue weighted by Crippen LogP contribution is 2.33. The van der Waals surface area contributed by atoms with Gasteiger partial charge in [-0.2, -0.15) is 0 Å². The van der Waals surface area contributed by atoms with Gasteiger partial charge in [-0.1, -0.05) is 28.4 Å². The van der Waals surface area contributed by atoms with Crippen LogP contribution in [0.1, 0.15) is 17.0 Å². The molecular weight excluding hydrogens is 277 g/mol. The lowest BCUT2D eigenvalue weighted by atomic mass is 10.2. The molecule has 0 aliphatic heterocycles. The van der Waals surface area contributed by atoms with Crippen LogP contribution >= 0.6 is 23.2 Å². The maximum Gasteiger partial charge on any atom is 0.174 e. The number of nitrogens with zero attached hydrogens (tertiary/aromatic N) is 1. The van der Waals surface area contributed by atoms with Crippen LogP contribution < -0.4 is 4.74 Å². The van der Waals surface area contributed by atoms with Crippen LogP contribution in [0, 0.1) is 6.92 Å². The first-order valence-electron chi connectivity index (χ1n) is 5.24. The van der Waals surface area contributed by atoms with Gasteiger partial charge in [-0.3, -0.25) is 0 Å². The summed E-state index contributed by atoms with van der Waals surface area (Å²) in [6.07, 6.45) is 0. The van der Waals surface area contributed by atoms with Crippen molar-refractivity contribution in [1.82, 2.24) is 5.16 Å². The monoisotopic (exact) mass is 287 g/mol. The van der Waals surface area contributed by atoms with Gasteiger partial charge in [0.25, 0.3) is 0 Å². The van der Waals surface area contributed by atoms with E-state index in [0.29, 0.717) is 27.1 Å². The molecule has 4 nitrogen and oxygen atoms in total. The van der Waals surface area contributed by atoms with Gasteiger partial charge in [-0.25, -0.2) is 0 Å². The second-order valence-electron chi connectivity index (χ2n) is 3.76. The largest absolute Gasteiger partial charge is 0.484 e. The Morgan fingerprint density at radius 2 is 2.11 bits per heavy atom. The van der Waals surface area contributed by atoms with Gasteiger partial charge in [-0.05, 0) is 19.1 Å². The molecule has 1 aromatic carbocycles. The number of aliphatic hydroxyl groups is 1. The molecule has 0 bridgehead atoms. The molecule has 2 aromatic rings. The minimum absolute atomic E-state index is 0.190. The van der Waals surface area contributed by atoms with Crippen molar-refractivity contribution in [1.29, 1.82) is 0 Å². The Hall–Kier alpha value is -1.23. The topological polar surface area (TPSA) is 55.5 Å². The number of hydrogen-bond donors (Lipinski definition) is 1. The van der Waals surface area contributed by atoms with Crippen molar-refractivity contribution in [3.05, 3.63) is 45.3 Å². The van der Waals surface area contributed by atoms with E-state index in [1.165, 1.54) is 0 Å². The maximum atomic E-state index is 9.24. The molecule has 1 aromatic heterocycles. The minimum Gasteiger partial charge on any atom is -0.484 e. The number of ether oxygens (including phenoxy) is 1. The number of rotatable bonds is 4. The van der Waals surface area contributed by atoms with E-state index in [1.54, 1.807) is 18.2 Å². The molecular formula is C12H11Cl2NO3. The molecule has 0 radical (unpaired) electrons. The van der Waals surface area contributed by atoms with Gasteiger partial charge in [0.15, 0.2) is 5.76 Å². The molecule has 1 N–H and O–H groups in total. The quantitative estimate of drug-likeness (QED) is 0.937. The van der Waals surface area contributed by atoms with E-state index in [-0.39, 0.29) is 13.2 Å². The van der Waals surface area contributed by atoms with Crippen molar-refractivity contribution in [3.8, 4) is 5.75 Å². The van der Waals surface area contributed by atoms with E-state index < -0.39 is 0 Å². The van der Waals surface area contributed by atoms with Gasteiger partial charge >= 0.3 is 0 Å². The Balaban J connectivity index is 2.18. The summed E-state index contributed by atoms with van der Waals surface area (Å²) in [6.45, 7) is 1.81. The number of aliphatic hydroxyl groups excluding tert-OH is 1. The zero-order chi connectivity index (χ0) is 13.1. The lowest BCUT2D eigenvalue weighted by Crippen LogP contribution is -1.99. The summed E-state index contributed by atoms with van der Waals surface area (Å²) < 4.78 is 10.5. The summed E-state index contributed by atoms with van der Waals surface area (Å²) in [5.74, 6) is 0.986. The predicted octanol–water partition coefficient (Wildman–Crippen LogP) is 3.36. The van der Waals surface area contributed by atoms with Crippen molar-refractivity contribution < 1.29 is 14.4 Å². The second-order valence-corrected chi connectivity index (χ2v) is 4.60. The maximum absolute atomic E-state index is 9.24. The number of aromatic nitrogens is 1. The SMILES string of the molecule is Cc1cc(COc2c(Cl)cc(Cl)cc2CO)on1. The Morgan fingerprint density at radius 3 is 2.72 bits per heavy atom. The molecule has 0 aliphatic rings. The summed E-state index contributed by atoms with van der Waals surface area (Å²) >= 11 is 11.9. The molecule has 0 spiro atoms. The van der Waals surface area contributed by atoms with Crippen LogP contribution in [-0.2, 0) is 13.2 Å². The smallest absolute Gasteiger partial charge is 0.174 e. The molecule has 96 valence electrons. The molecule has 6 heteroatoms. The van der Waals surface area contributed by atoms with Gasteiger partial charge in [0, 0.05) is 16.7 Å². The van der Waals surface area contributed by atoms with Crippen LogP contribution in [0.2, 0.25) is 10.0 Å². The third kappa shape index (κ3) is 2.96. The predicted molar refractivity (Wildman–Crippen MR) is 68.0 cm³/mol. The molecule has 0 amide bonds. The van der Waals surface area contributed by atoms with Crippen molar-refractivity contribution in [2.45, 2.75) is 20.1 Å². The van der Waals surface area contributed by atoms with Gasteiger partial charge in [0.05, 0.1) is 17.3 Å². The third-order valence-corrected chi connectivity index (χ3v) is 2.79. The van der Waals surface area contributed by atoms with Crippen LogP contribution in [0.4, 0.5) is 0 Å². The zero-order valence-corrected chi connectivity index (χ0v) is 11.1. The highest BCUT2D eigenvalue weighted by atomic mass is 35.5. The second kappa shape index (κ2) is 5.61. The normalized spacial score (nSPS) is 10.7. The molecule has 0 atom stereocenters. The Kier molecular flexibility index (Phi) is 4.11. The number of aryl methyl sites for hydroxylation is 1. The molecule has 0 fully saturated rings. The Morgan fingerprint density at radius 1 is 1.33 bits per heavy atom. The van der Waals surface area contributed by atoms with Crippen LogP contribution in [0.5, 0.6) is 5.75 Å². The molecule has 18 heavy (non-hydrogen) atoms. The molecule has 0 unspecified atom stereocenters. The average molecular weight is 288 g/mol. The summed E-state index contributed by atoms with van der Waals surface area (Å²) in [5.41, 5.74) is 1.31. The van der Waals surface area contributed by atoms with Gasteiger partial charge in [0.2, 0.25) is 0 Å². The first kappa shape index (κ1) is 13.2. The van der Waals surface area contributed by atoms with Crippen molar-refractivity contribution in [2.24, 2.45) is 0 Å². The first-order chi connectivity index (χ1) is 8.60. The van der Waals surface area contributed by atoms with E-state index in [1.807, 2.05) is 6.92 Å². The Labute approximate surface area is 114 Å². The van der Waals surface area contributed by atoms with E-state index in [2.05, 4.69) is 5.16 Å². The van der Waals surface area contributed by atoms with Crippen LogP contribution in [0.25, 0.3) is 0 Å². The molecule has 0 aliphatic carbocycles. The summed E-state index contributed by atoms with van der Waals surface area (Å²) in [5, 5.41) is 13.8. The standard InChI is InChI=1S/C12H11Cl2NO3/c1-7-2-10(18-15-7)6-17-12-8(5-16)3-9(13)4-11(12)14/h2-4,16H,5-6H2,1H3. The third-order valence-electron chi connectivity index (χ3n) is 2.29. The fourth-order valence-electron chi connectivity index (χ4n) is 1.52. The van der Waals surface area contributed by atoms with Crippen molar-refractivity contribution in [2.75, 3.05) is 0 Å². The molecule has 0 saturated heterocycles. The lowest BCUT2D eigenvalue weighted by molar-refractivity contribution is 0.233. The van der Waals surface area contributed by atoms with E-state index in [4.69, 9.17) is 32.5 Å². The zero-order valence-electron chi connectivity index (χ0n) is 9.61. The highest BCUT2D eigenvalue weighted by Gasteiger charge is 2.11. The number of benzene rings is 1. The van der Waals surface area contributed by atoms with Crippen LogP contribution in [-0.4, -0.2) is 10.3 Å². The van der Waals surface area contributed by atoms with Crippen LogP contribution in [0.15, 0.2) is 22.7 Å². The number of halogens is 2. The van der Waals surface area contributed by atoms with E-state index in [9.17, 15) is 5.11 Å². The van der Waals surface area contributed by atoms with Crippen molar-refractivity contribution in [3.63, 3.8) is 0 Å². The van der Waals surface area contributed by atoms with Gasteiger partial charge in [0.1, 0.15) is 12.4 Å². The molecule has 2 rings (SSSR count). The average Bonchev–Trinajstić information content (AvgIpc) is 2.73. The summed E-state index contributed by atoms with van der Waals surface area (Å²) in [7, 11) is 0. The van der Waals surface area contributed by atoms with Crippen molar-refractivity contribution >= 4 is 23.2 Å². The fraction of sp³-hybridized carbons (Fsp3) is 0.250. The summed E-state index contributed by atoms with van der Waals surface area (Å²) in [4.78, 5) is 0. The van der Waals surface area contributed by atoms with Crippen LogP contribution in [0.3, 0.4) is 0 Å². The van der Waals surface area contributed by atoms with Gasteiger partial charge < -0.3 is 14.4 Å². The highest BCUT2D eigenvalue weighted by molar-refractivity contribution is 6.35. The Bertz CT molecular complexity index is 554. The summed E-state index contributed by atoms with van der Waals surface area (Å²) in [6, 6.07) is 4.93. The number of hydrogen-bond acceptors (Lipinski definition) is 4. The van der Waals surface area contributed by atoms with E-state index >= 15 is 0 Å². The van der Waals surface area contributed by atoms with Gasteiger partial charge in [-0.15, -0.1) is 0 Å². The minimum atomic E-state index is -0.203.